The number of aryl methyl sites for hydroxylation is 1. The van der Waals surface area contributed by atoms with E-state index in [0.717, 1.165) is 24.0 Å². The van der Waals surface area contributed by atoms with Crippen molar-refractivity contribution < 1.29 is 0 Å². The molecule has 1 aliphatic carbocycles. The zero-order valence-electron chi connectivity index (χ0n) is 10.4. The van der Waals surface area contributed by atoms with E-state index in [9.17, 15) is 0 Å². The highest BCUT2D eigenvalue weighted by Gasteiger charge is 2.09. The fourth-order valence-electron chi connectivity index (χ4n) is 2.31. The molecule has 2 heteroatoms. The number of benzene rings is 1. The zero-order chi connectivity index (χ0) is 12.1. The summed E-state index contributed by atoms with van der Waals surface area (Å²) >= 11 is 5.94. The molecule has 0 spiro atoms. The average Bonchev–Trinajstić information content (AvgIpc) is 2.33. The molecule has 0 radical (unpaired) electrons. The van der Waals surface area contributed by atoms with Gasteiger partial charge in [0, 0.05) is 11.6 Å². The molecule has 1 atom stereocenters. The van der Waals surface area contributed by atoms with E-state index >= 15 is 0 Å². The van der Waals surface area contributed by atoms with Crippen molar-refractivity contribution in [3.8, 4) is 0 Å². The number of hydrogen-bond acceptors (Lipinski definition) is 1. The van der Waals surface area contributed by atoms with Gasteiger partial charge in [0.25, 0.3) is 0 Å². The maximum absolute atomic E-state index is 5.94. The van der Waals surface area contributed by atoms with Gasteiger partial charge in [-0.1, -0.05) is 29.8 Å². The van der Waals surface area contributed by atoms with Gasteiger partial charge >= 0.3 is 0 Å². The van der Waals surface area contributed by atoms with Crippen molar-refractivity contribution in [1.29, 1.82) is 0 Å². The molecule has 0 amide bonds. The Morgan fingerprint density at radius 2 is 2.24 bits per heavy atom. The normalized spacial score (nSPS) is 19.5. The average molecular weight is 250 g/mol. The van der Waals surface area contributed by atoms with Crippen molar-refractivity contribution in [3.63, 3.8) is 0 Å². The highest BCUT2D eigenvalue weighted by molar-refractivity contribution is 6.30. The van der Waals surface area contributed by atoms with Crippen LogP contribution in [-0.4, -0.2) is 6.54 Å². The van der Waals surface area contributed by atoms with Gasteiger partial charge in [0.15, 0.2) is 0 Å². The van der Waals surface area contributed by atoms with Crippen LogP contribution < -0.4 is 5.32 Å². The minimum atomic E-state index is 0.813. The first-order valence-electron chi connectivity index (χ1n) is 6.36. The van der Waals surface area contributed by atoms with Crippen LogP contribution in [0.15, 0.2) is 30.4 Å². The standard InChI is InChI=1S/C15H20ClN/c1-12-9-15(16)8-7-14(12)11-17-10-13-5-3-2-4-6-13/h2-3,7-9,13,17H,4-6,10-11H2,1H3. The van der Waals surface area contributed by atoms with E-state index in [4.69, 9.17) is 11.6 Å². The van der Waals surface area contributed by atoms with E-state index in [1.807, 2.05) is 12.1 Å². The van der Waals surface area contributed by atoms with Crippen LogP contribution in [-0.2, 0) is 6.54 Å². The lowest BCUT2D eigenvalue weighted by molar-refractivity contribution is 0.440. The van der Waals surface area contributed by atoms with Gasteiger partial charge in [-0.3, -0.25) is 0 Å². The molecule has 1 aromatic carbocycles. The second kappa shape index (κ2) is 6.23. The summed E-state index contributed by atoms with van der Waals surface area (Å²) in [5, 5.41) is 4.38. The molecule has 0 aliphatic heterocycles. The Hall–Kier alpha value is -0.790. The van der Waals surface area contributed by atoms with Crippen molar-refractivity contribution in [2.75, 3.05) is 6.54 Å². The number of hydrogen-bond donors (Lipinski definition) is 1. The lowest BCUT2D eigenvalue weighted by Crippen LogP contribution is -2.23. The molecule has 92 valence electrons. The van der Waals surface area contributed by atoms with E-state index < -0.39 is 0 Å². The van der Waals surface area contributed by atoms with Crippen molar-refractivity contribution in [2.45, 2.75) is 32.7 Å². The third-order valence-electron chi connectivity index (χ3n) is 3.43. The molecule has 2 rings (SSSR count). The largest absolute Gasteiger partial charge is 0.312 e. The van der Waals surface area contributed by atoms with Crippen molar-refractivity contribution in [2.24, 2.45) is 5.92 Å². The van der Waals surface area contributed by atoms with Crippen LogP contribution in [0, 0.1) is 12.8 Å². The summed E-state index contributed by atoms with van der Waals surface area (Å²) < 4.78 is 0. The van der Waals surface area contributed by atoms with Crippen molar-refractivity contribution in [3.05, 3.63) is 46.5 Å². The van der Waals surface area contributed by atoms with Crippen LogP contribution in [0.1, 0.15) is 30.4 Å². The molecule has 0 bridgehead atoms. The lowest BCUT2D eigenvalue weighted by Gasteiger charge is -2.18. The molecule has 0 saturated heterocycles. The summed E-state index contributed by atoms with van der Waals surface area (Å²) in [5.41, 5.74) is 2.62. The van der Waals surface area contributed by atoms with Gasteiger partial charge in [-0.05, 0) is 61.9 Å². The summed E-state index contributed by atoms with van der Waals surface area (Å²) in [4.78, 5) is 0. The fourth-order valence-corrected chi connectivity index (χ4v) is 2.54. The number of halogens is 1. The first kappa shape index (κ1) is 12.7. The summed E-state index contributed by atoms with van der Waals surface area (Å²) in [6.45, 7) is 4.18. The molecule has 1 aliphatic rings. The highest BCUT2D eigenvalue weighted by Crippen LogP contribution is 2.18. The summed E-state index contributed by atoms with van der Waals surface area (Å²) in [5.74, 6) is 0.813. The Bertz CT molecular complexity index is 398. The van der Waals surface area contributed by atoms with Crippen molar-refractivity contribution in [1.82, 2.24) is 5.32 Å². The predicted molar refractivity (Wildman–Crippen MR) is 74.4 cm³/mol. The topological polar surface area (TPSA) is 12.0 Å². The van der Waals surface area contributed by atoms with Crippen LogP contribution in [0.25, 0.3) is 0 Å². The van der Waals surface area contributed by atoms with Crippen LogP contribution in [0.2, 0.25) is 5.02 Å². The highest BCUT2D eigenvalue weighted by atomic mass is 35.5. The Balaban J connectivity index is 1.79. The minimum Gasteiger partial charge on any atom is -0.312 e. The van der Waals surface area contributed by atoms with E-state index in [1.54, 1.807) is 0 Å². The number of rotatable bonds is 4. The van der Waals surface area contributed by atoms with Gasteiger partial charge in [-0.2, -0.15) is 0 Å². The Morgan fingerprint density at radius 3 is 2.94 bits per heavy atom. The Labute approximate surface area is 109 Å². The molecule has 1 aromatic rings. The van der Waals surface area contributed by atoms with Gasteiger partial charge in [0.05, 0.1) is 0 Å². The first-order chi connectivity index (χ1) is 8.25. The van der Waals surface area contributed by atoms with Gasteiger partial charge in [0.2, 0.25) is 0 Å². The van der Waals surface area contributed by atoms with Crippen LogP contribution in [0.5, 0.6) is 0 Å². The third-order valence-corrected chi connectivity index (χ3v) is 3.67. The SMILES string of the molecule is Cc1cc(Cl)ccc1CNCC1CC=CCC1. The molecule has 0 saturated carbocycles. The quantitative estimate of drug-likeness (QED) is 0.793. The van der Waals surface area contributed by atoms with Gasteiger partial charge in [-0.25, -0.2) is 0 Å². The van der Waals surface area contributed by atoms with Gasteiger partial charge < -0.3 is 5.32 Å². The van der Waals surface area contributed by atoms with E-state index in [0.29, 0.717) is 0 Å². The molecule has 17 heavy (non-hydrogen) atoms. The smallest absolute Gasteiger partial charge is 0.0408 e. The molecule has 1 N–H and O–H groups in total. The van der Waals surface area contributed by atoms with Gasteiger partial charge in [-0.15, -0.1) is 0 Å². The maximum Gasteiger partial charge on any atom is 0.0408 e. The van der Waals surface area contributed by atoms with E-state index in [-0.39, 0.29) is 0 Å². The van der Waals surface area contributed by atoms with Gasteiger partial charge in [0.1, 0.15) is 0 Å². The molecule has 1 nitrogen and oxygen atoms in total. The van der Waals surface area contributed by atoms with Crippen LogP contribution in [0.3, 0.4) is 0 Å². The summed E-state index contributed by atoms with van der Waals surface area (Å²) in [6.07, 6.45) is 8.39. The maximum atomic E-state index is 5.94. The fraction of sp³-hybridized carbons (Fsp3) is 0.467. The molecule has 0 aromatic heterocycles. The second-order valence-electron chi connectivity index (χ2n) is 4.85. The Morgan fingerprint density at radius 1 is 1.35 bits per heavy atom. The minimum absolute atomic E-state index is 0.813. The summed E-state index contributed by atoms with van der Waals surface area (Å²) in [6, 6.07) is 6.11. The van der Waals surface area contributed by atoms with Crippen molar-refractivity contribution >= 4 is 11.6 Å². The number of allylic oxidation sites excluding steroid dienone is 2. The molecular weight excluding hydrogens is 230 g/mol. The monoisotopic (exact) mass is 249 g/mol. The molecular formula is C15H20ClN. The molecule has 0 heterocycles. The van der Waals surface area contributed by atoms with Crippen LogP contribution >= 0.6 is 11.6 Å². The predicted octanol–water partition coefficient (Wildman–Crippen LogP) is 4.09. The van der Waals surface area contributed by atoms with E-state index in [2.05, 4.69) is 30.5 Å². The Kier molecular flexibility index (Phi) is 4.64. The molecule has 1 unspecified atom stereocenters. The zero-order valence-corrected chi connectivity index (χ0v) is 11.1. The van der Waals surface area contributed by atoms with Crippen LogP contribution in [0.4, 0.5) is 0 Å². The first-order valence-corrected chi connectivity index (χ1v) is 6.74. The molecule has 0 fully saturated rings. The lowest BCUT2D eigenvalue weighted by atomic mass is 9.94. The summed E-state index contributed by atoms with van der Waals surface area (Å²) in [7, 11) is 0. The number of nitrogens with one attached hydrogen (secondary N) is 1. The second-order valence-corrected chi connectivity index (χ2v) is 5.29. The van der Waals surface area contributed by atoms with E-state index in [1.165, 1.54) is 30.4 Å². The third kappa shape index (κ3) is 3.86.